The lowest BCUT2D eigenvalue weighted by atomic mass is 9.95. The summed E-state index contributed by atoms with van der Waals surface area (Å²) in [7, 11) is -3.42. The molecule has 2 heterocycles. The van der Waals surface area contributed by atoms with Crippen LogP contribution in [0.5, 0.6) is 0 Å². The van der Waals surface area contributed by atoms with Crippen molar-refractivity contribution in [2.24, 2.45) is 5.92 Å². The second-order valence-corrected chi connectivity index (χ2v) is 9.66. The summed E-state index contributed by atoms with van der Waals surface area (Å²) in [6.45, 7) is 4.76. The Kier molecular flexibility index (Phi) is 4.99. The van der Waals surface area contributed by atoms with Gasteiger partial charge in [0.25, 0.3) is 0 Å². The van der Waals surface area contributed by atoms with Crippen molar-refractivity contribution in [1.82, 2.24) is 4.31 Å². The van der Waals surface area contributed by atoms with Gasteiger partial charge in [0.2, 0.25) is 10.0 Å². The summed E-state index contributed by atoms with van der Waals surface area (Å²) in [4.78, 5) is 1.22. The SMILES string of the molecule is CC1CCN(S(=O)(=O)c2cc(CCl)sc2Br)C(C)C1. The van der Waals surface area contributed by atoms with E-state index in [4.69, 9.17) is 11.6 Å². The number of nitrogens with zero attached hydrogens (tertiary/aromatic N) is 1. The zero-order chi connectivity index (χ0) is 14.2. The van der Waals surface area contributed by atoms with Gasteiger partial charge in [-0.1, -0.05) is 6.92 Å². The highest BCUT2D eigenvalue weighted by molar-refractivity contribution is 9.11. The molecule has 2 rings (SSSR count). The van der Waals surface area contributed by atoms with Crippen molar-refractivity contribution in [2.45, 2.75) is 43.5 Å². The number of hydrogen-bond donors (Lipinski definition) is 0. The molecule has 0 aliphatic carbocycles. The molecule has 0 bridgehead atoms. The van der Waals surface area contributed by atoms with Crippen LogP contribution in [0.1, 0.15) is 31.6 Å². The van der Waals surface area contributed by atoms with Crippen molar-refractivity contribution in [2.75, 3.05) is 6.54 Å². The fourth-order valence-electron chi connectivity index (χ4n) is 2.51. The fraction of sp³-hybridized carbons (Fsp3) is 0.667. The summed E-state index contributed by atoms with van der Waals surface area (Å²) in [6.07, 6.45) is 1.84. The lowest BCUT2D eigenvalue weighted by Crippen LogP contribution is -2.44. The van der Waals surface area contributed by atoms with E-state index in [9.17, 15) is 8.42 Å². The van der Waals surface area contributed by atoms with Crippen molar-refractivity contribution in [3.05, 3.63) is 14.7 Å². The van der Waals surface area contributed by atoms with Crippen LogP contribution in [0.15, 0.2) is 14.7 Å². The lowest BCUT2D eigenvalue weighted by Gasteiger charge is -2.35. The summed E-state index contributed by atoms with van der Waals surface area (Å²) in [5, 5.41) is 0. The van der Waals surface area contributed by atoms with Crippen molar-refractivity contribution in [1.29, 1.82) is 0 Å². The van der Waals surface area contributed by atoms with Gasteiger partial charge in [0, 0.05) is 17.5 Å². The molecule has 0 radical (unpaired) electrons. The maximum atomic E-state index is 12.7. The van der Waals surface area contributed by atoms with Gasteiger partial charge in [-0.05, 0) is 47.7 Å². The number of halogens is 2. The molecule has 0 spiro atoms. The molecule has 19 heavy (non-hydrogen) atoms. The summed E-state index contributed by atoms with van der Waals surface area (Å²) < 4.78 is 27.7. The Bertz CT molecular complexity index is 558. The van der Waals surface area contributed by atoms with Gasteiger partial charge >= 0.3 is 0 Å². The molecule has 2 atom stereocenters. The van der Waals surface area contributed by atoms with Gasteiger partial charge < -0.3 is 0 Å². The molecule has 1 saturated heterocycles. The first-order valence-corrected chi connectivity index (χ1v) is 9.80. The van der Waals surface area contributed by atoms with Crippen LogP contribution in [0.4, 0.5) is 0 Å². The van der Waals surface area contributed by atoms with Gasteiger partial charge in [-0.15, -0.1) is 22.9 Å². The predicted octanol–water partition coefficient (Wildman–Crippen LogP) is 4.06. The highest BCUT2D eigenvalue weighted by atomic mass is 79.9. The third kappa shape index (κ3) is 3.18. The minimum atomic E-state index is -3.42. The van der Waals surface area contributed by atoms with E-state index in [0.717, 1.165) is 17.7 Å². The zero-order valence-corrected chi connectivity index (χ0v) is 14.9. The van der Waals surface area contributed by atoms with Crippen LogP contribution >= 0.6 is 38.9 Å². The summed E-state index contributed by atoms with van der Waals surface area (Å²) >= 11 is 10.5. The van der Waals surface area contributed by atoms with Gasteiger partial charge in [0.1, 0.15) is 4.90 Å². The summed E-state index contributed by atoms with van der Waals surface area (Å²) in [5.74, 6) is 0.927. The van der Waals surface area contributed by atoms with E-state index >= 15 is 0 Å². The topological polar surface area (TPSA) is 37.4 Å². The Labute approximate surface area is 132 Å². The van der Waals surface area contributed by atoms with Crippen LogP contribution in [0.25, 0.3) is 0 Å². The molecule has 7 heteroatoms. The quantitative estimate of drug-likeness (QED) is 0.735. The minimum Gasteiger partial charge on any atom is -0.207 e. The second kappa shape index (κ2) is 6.02. The minimum absolute atomic E-state index is 0.0556. The standard InChI is InChI=1S/C12H17BrClNO2S2/c1-8-3-4-15(9(2)5-8)19(16,17)11-6-10(7-14)18-12(11)13/h6,8-9H,3-5,7H2,1-2H3. The van der Waals surface area contributed by atoms with E-state index in [-0.39, 0.29) is 6.04 Å². The van der Waals surface area contributed by atoms with Crippen molar-refractivity contribution >= 4 is 48.9 Å². The van der Waals surface area contributed by atoms with Crippen LogP contribution in [-0.2, 0) is 15.9 Å². The molecule has 0 aromatic carbocycles. The molecular formula is C12H17BrClNO2S2. The Morgan fingerprint density at radius 3 is 2.74 bits per heavy atom. The van der Waals surface area contributed by atoms with Crippen LogP contribution in [0.2, 0.25) is 0 Å². The number of alkyl halides is 1. The van der Waals surface area contributed by atoms with E-state index in [1.807, 2.05) is 6.92 Å². The normalized spacial score (nSPS) is 25.7. The molecule has 1 aliphatic rings. The fourth-order valence-corrected chi connectivity index (χ4v) is 6.89. The molecule has 1 fully saturated rings. The highest BCUT2D eigenvalue weighted by Crippen LogP contribution is 2.36. The van der Waals surface area contributed by atoms with Crippen LogP contribution in [0, 0.1) is 5.92 Å². The Morgan fingerprint density at radius 1 is 1.53 bits per heavy atom. The van der Waals surface area contributed by atoms with Crippen LogP contribution < -0.4 is 0 Å². The third-order valence-electron chi connectivity index (χ3n) is 3.50. The monoisotopic (exact) mass is 385 g/mol. The summed E-state index contributed by atoms with van der Waals surface area (Å²) in [6, 6.07) is 1.74. The molecule has 108 valence electrons. The maximum Gasteiger partial charge on any atom is 0.245 e. The number of thiophene rings is 1. The largest absolute Gasteiger partial charge is 0.245 e. The first kappa shape index (κ1) is 15.8. The summed E-state index contributed by atoms with van der Waals surface area (Å²) in [5.41, 5.74) is 0. The van der Waals surface area contributed by atoms with E-state index in [1.165, 1.54) is 11.3 Å². The zero-order valence-electron chi connectivity index (χ0n) is 10.9. The van der Waals surface area contributed by atoms with Crippen molar-refractivity contribution in [3.8, 4) is 0 Å². The molecule has 0 N–H and O–H groups in total. The number of sulfonamides is 1. The van der Waals surface area contributed by atoms with Crippen LogP contribution in [-0.4, -0.2) is 25.3 Å². The van der Waals surface area contributed by atoms with Crippen LogP contribution in [0.3, 0.4) is 0 Å². The molecule has 1 aromatic heterocycles. The first-order valence-electron chi connectivity index (χ1n) is 6.22. The van der Waals surface area contributed by atoms with Gasteiger partial charge in [-0.2, -0.15) is 4.31 Å². The van der Waals surface area contributed by atoms with E-state index in [1.54, 1.807) is 10.4 Å². The molecule has 1 aliphatic heterocycles. The highest BCUT2D eigenvalue weighted by Gasteiger charge is 2.35. The predicted molar refractivity (Wildman–Crippen MR) is 83.3 cm³/mol. The molecule has 2 unspecified atom stereocenters. The van der Waals surface area contributed by atoms with Crippen molar-refractivity contribution in [3.63, 3.8) is 0 Å². The average Bonchev–Trinajstić information content (AvgIpc) is 2.70. The van der Waals surface area contributed by atoms with Gasteiger partial charge in [-0.25, -0.2) is 8.42 Å². The maximum absolute atomic E-state index is 12.7. The Morgan fingerprint density at radius 2 is 2.21 bits per heavy atom. The average molecular weight is 387 g/mol. The number of hydrogen-bond acceptors (Lipinski definition) is 3. The Hall–Kier alpha value is 0.380. The van der Waals surface area contributed by atoms with Gasteiger partial charge in [0.15, 0.2) is 0 Å². The third-order valence-corrected chi connectivity index (χ3v) is 8.21. The second-order valence-electron chi connectivity index (χ2n) is 5.08. The number of rotatable bonds is 3. The van der Waals surface area contributed by atoms with Crippen molar-refractivity contribution < 1.29 is 8.42 Å². The molecule has 0 amide bonds. The van der Waals surface area contributed by atoms with Gasteiger partial charge in [0.05, 0.1) is 9.67 Å². The molecule has 1 aromatic rings. The molecular weight excluding hydrogens is 370 g/mol. The van der Waals surface area contributed by atoms with E-state index < -0.39 is 10.0 Å². The van der Waals surface area contributed by atoms with E-state index in [2.05, 4.69) is 22.9 Å². The molecule has 3 nitrogen and oxygen atoms in total. The van der Waals surface area contributed by atoms with Gasteiger partial charge in [-0.3, -0.25) is 0 Å². The Balaban J connectivity index is 2.34. The lowest BCUT2D eigenvalue weighted by molar-refractivity contribution is 0.220. The smallest absolute Gasteiger partial charge is 0.207 e. The molecule has 0 saturated carbocycles. The van der Waals surface area contributed by atoms with E-state index in [0.29, 0.717) is 27.0 Å². The number of piperidine rings is 1. The first-order chi connectivity index (χ1) is 8.86.